The number of carbonyl (C=O) groups is 1. The first-order chi connectivity index (χ1) is 13.5. The number of anilines is 1. The maximum Gasteiger partial charge on any atom is 0.258 e. The van der Waals surface area contributed by atoms with E-state index in [4.69, 9.17) is 11.6 Å². The lowest BCUT2D eigenvalue weighted by atomic mass is 10.2. The van der Waals surface area contributed by atoms with Gasteiger partial charge in [0.1, 0.15) is 0 Å². The highest BCUT2D eigenvalue weighted by atomic mass is 35.5. The molecule has 0 spiro atoms. The molecule has 0 atom stereocenters. The average Bonchev–Trinajstić information content (AvgIpc) is 3.09. The lowest BCUT2D eigenvalue weighted by molar-refractivity contribution is 0.102. The van der Waals surface area contributed by atoms with Gasteiger partial charge in [-0.3, -0.25) is 14.9 Å². The Hall–Kier alpha value is -2.96. The van der Waals surface area contributed by atoms with Gasteiger partial charge in [0, 0.05) is 17.3 Å². The van der Waals surface area contributed by atoms with Crippen LogP contribution in [0.4, 0.5) is 5.13 Å². The standard InChI is InChI=1S/C21H16ClN3O2S/c1-13-5-4-8-17-19(13)23-21(28-17)24-20(27)15-9-10-18(26)25(12-15)11-14-6-2-3-7-16(14)22/h2-10,12H,11H2,1H3,(H,23,24,27). The van der Waals surface area contributed by atoms with Crippen LogP contribution in [0.3, 0.4) is 0 Å². The smallest absolute Gasteiger partial charge is 0.258 e. The Morgan fingerprint density at radius 1 is 1.14 bits per heavy atom. The third-order valence-corrected chi connectivity index (χ3v) is 5.69. The summed E-state index contributed by atoms with van der Waals surface area (Å²) in [5.41, 5.74) is 2.93. The Bertz CT molecular complexity index is 1250. The highest BCUT2D eigenvalue weighted by Gasteiger charge is 2.12. The van der Waals surface area contributed by atoms with E-state index in [2.05, 4.69) is 10.3 Å². The lowest BCUT2D eigenvalue weighted by Gasteiger charge is -2.09. The topological polar surface area (TPSA) is 64.0 Å². The summed E-state index contributed by atoms with van der Waals surface area (Å²) >= 11 is 7.60. The molecule has 2 aromatic carbocycles. The number of amides is 1. The van der Waals surface area contributed by atoms with Gasteiger partial charge in [0.25, 0.3) is 11.5 Å². The van der Waals surface area contributed by atoms with Crippen molar-refractivity contribution >= 4 is 44.2 Å². The van der Waals surface area contributed by atoms with Gasteiger partial charge in [-0.05, 0) is 36.2 Å². The Morgan fingerprint density at radius 3 is 2.75 bits per heavy atom. The summed E-state index contributed by atoms with van der Waals surface area (Å²) in [6.45, 7) is 2.28. The normalized spacial score (nSPS) is 10.9. The van der Waals surface area contributed by atoms with Crippen molar-refractivity contribution in [1.82, 2.24) is 9.55 Å². The van der Waals surface area contributed by atoms with Gasteiger partial charge in [-0.1, -0.05) is 53.3 Å². The number of nitrogens with zero attached hydrogens (tertiary/aromatic N) is 2. The molecular weight excluding hydrogens is 394 g/mol. The summed E-state index contributed by atoms with van der Waals surface area (Å²) < 4.78 is 2.48. The van der Waals surface area contributed by atoms with Crippen molar-refractivity contribution < 1.29 is 4.79 Å². The molecule has 0 aliphatic carbocycles. The van der Waals surface area contributed by atoms with Crippen LogP contribution in [-0.4, -0.2) is 15.5 Å². The number of aryl methyl sites for hydroxylation is 1. The molecule has 0 radical (unpaired) electrons. The number of hydrogen-bond donors (Lipinski definition) is 1. The van der Waals surface area contributed by atoms with Gasteiger partial charge in [0.15, 0.2) is 5.13 Å². The number of carbonyl (C=O) groups excluding carboxylic acids is 1. The van der Waals surface area contributed by atoms with Crippen LogP contribution in [0.25, 0.3) is 10.2 Å². The minimum atomic E-state index is -0.315. The van der Waals surface area contributed by atoms with Gasteiger partial charge in [0.05, 0.1) is 22.3 Å². The van der Waals surface area contributed by atoms with Crippen LogP contribution in [0.2, 0.25) is 5.02 Å². The Morgan fingerprint density at radius 2 is 1.96 bits per heavy atom. The van der Waals surface area contributed by atoms with Crippen LogP contribution < -0.4 is 10.9 Å². The first-order valence-electron chi connectivity index (χ1n) is 8.63. The van der Waals surface area contributed by atoms with Crippen LogP contribution in [0.15, 0.2) is 65.6 Å². The van der Waals surface area contributed by atoms with Crippen molar-refractivity contribution in [2.24, 2.45) is 0 Å². The quantitative estimate of drug-likeness (QED) is 0.530. The van der Waals surface area contributed by atoms with Gasteiger partial charge in [0.2, 0.25) is 0 Å². The van der Waals surface area contributed by atoms with E-state index in [1.54, 1.807) is 12.3 Å². The van der Waals surface area contributed by atoms with Gasteiger partial charge in [-0.2, -0.15) is 0 Å². The number of hydrogen-bond acceptors (Lipinski definition) is 4. The van der Waals surface area contributed by atoms with E-state index in [1.165, 1.54) is 28.0 Å². The molecule has 7 heteroatoms. The Kier molecular flexibility index (Phi) is 4.98. The zero-order valence-electron chi connectivity index (χ0n) is 15.0. The molecular formula is C21H16ClN3O2S. The van der Waals surface area contributed by atoms with E-state index < -0.39 is 0 Å². The van der Waals surface area contributed by atoms with Gasteiger partial charge >= 0.3 is 0 Å². The summed E-state index contributed by atoms with van der Waals surface area (Å²) in [6, 6.07) is 16.1. The average molecular weight is 410 g/mol. The van der Waals surface area contributed by atoms with Gasteiger partial charge in [-0.25, -0.2) is 4.98 Å². The molecule has 0 aliphatic heterocycles. The molecule has 4 aromatic rings. The molecule has 0 unspecified atom stereocenters. The van der Waals surface area contributed by atoms with Crippen molar-refractivity contribution in [2.75, 3.05) is 5.32 Å². The predicted molar refractivity (Wildman–Crippen MR) is 114 cm³/mol. The number of aromatic nitrogens is 2. The van der Waals surface area contributed by atoms with Crippen LogP contribution in [0, 0.1) is 6.92 Å². The molecule has 0 saturated heterocycles. The third-order valence-electron chi connectivity index (χ3n) is 4.39. The predicted octanol–water partition coefficient (Wildman–Crippen LogP) is 4.72. The van der Waals surface area contributed by atoms with Crippen molar-refractivity contribution in [3.8, 4) is 0 Å². The minimum Gasteiger partial charge on any atom is -0.310 e. The summed E-state index contributed by atoms with van der Waals surface area (Å²) in [5.74, 6) is -0.315. The Balaban J connectivity index is 1.60. The maximum absolute atomic E-state index is 12.7. The SMILES string of the molecule is Cc1cccc2sc(NC(=O)c3ccc(=O)n(Cc4ccccc4Cl)c3)nc12. The molecule has 0 fully saturated rings. The largest absolute Gasteiger partial charge is 0.310 e. The Labute approximate surface area is 170 Å². The van der Waals surface area contributed by atoms with E-state index in [0.717, 1.165) is 21.3 Å². The molecule has 2 heterocycles. The second-order valence-electron chi connectivity index (χ2n) is 6.37. The lowest BCUT2D eigenvalue weighted by Crippen LogP contribution is -2.22. The second kappa shape index (κ2) is 7.58. The maximum atomic E-state index is 12.7. The molecule has 1 N–H and O–H groups in total. The van der Waals surface area contributed by atoms with Crippen molar-refractivity contribution in [3.63, 3.8) is 0 Å². The molecule has 1 amide bonds. The number of fused-ring (bicyclic) bond motifs is 1. The first kappa shape index (κ1) is 18.4. The fourth-order valence-corrected chi connectivity index (χ4v) is 4.04. The number of rotatable bonds is 4. The molecule has 2 aromatic heterocycles. The monoisotopic (exact) mass is 409 g/mol. The van der Waals surface area contributed by atoms with E-state index in [0.29, 0.717) is 22.3 Å². The number of thiazole rings is 1. The first-order valence-corrected chi connectivity index (χ1v) is 9.82. The molecule has 0 bridgehead atoms. The summed E-state index contributed by atoms with van der Waals surface area (Å²) in [5, 5.41) is 3.93. The summed E-state index contributed by atoms with van der Waals surface area (Å²) in [6.07, 6.45) is 1.54. The highest BCUT2D eigenvalue weighted by Crippen LogP contribution is 2.28. The molecule has 5 nitrogen and oxygen atoms in total. The molecule has 0 saturated carbocycles. The van der Waals surface area contributed by atoms with E-state index >= 15 is 0 Å². The summed E-state index contributed by atoms with van der Waals surface area (Å²) in [4.78, 5) is 29.4. The van der Waals surface area contributed by atoms with Crippen molar-refractivity contribution in [2.45, 2.75) is 13.5 Å². The molecule has 140 valence electrons. The fraction of sp³-hybridized carbons (Fsp3) is 0.0952. The number of benzene rings is 2. The van der Waals surface area contributed by atoms with Crippen molar-refractivity contribution in [1.29, 1.82) is 0 Å². The summed E-state index contributed by atoms with van der Waals surface area (Å²) in [7, 11) is 0. The highest BCUT2D eigenvalue weighted by molar-refractivity contribution is 7.22. The van der Waals surface area contributed by atoms with Crippen LogP contribution in [-0.2, 0) is 6.54 Å². The van der Waals surface area contributed by atoms with Crippen LogP contribution >= 0.6 is 22.9 Å². The van der Waals surface area contributed by atoms with Crippen LogP contribution in [0.5, 0.6) is 0 Å². The van der Waals surface area contributed by atoms with E-state index in [1.807, 2.05) is 43.3 Å². The van der Waals surface area contributed by atoms with Gasteiger partial charge in [-0.15, -0.1) is 0 Å². The number of pyridine rings is 1. The molecule has 0 aliphatic rings. The van der Waals surface area contributed by atoms with Crippen molar-refractivity contribution in [3.05, 3.63) is 92.9 Å². The zero-order chi connectivity index (χ0) is 19.7. The van der Waals surface area contributed by atoms with Crippen LogP contribution in [0.1, 0.15) is 21.5 Å². The molecule has 28 heavy (non-hydrogen) atoms. The minimum absolute atomic E-state index is 0.202. The number of para-hydroxylation sites is 1. The number of halogens is 1. The molecule has 4 rings (SSSR count). The zero-order valence-corrected chi connectivity index (χ0v) is 16.6. The van der Waals surface area contributed by atoms with E-state index in [9.17, 15) is 9.59 Å². The number of nitrogens with one attached hydrogen (secondary N) is 1. The van der Waals surface area contributed by atoms with E-state index in [-0.39, 0.29) is 11.5 Å². The second-order valence-corrected chi connectivity index (χ2v) is 7.81. The van der Waals surface area contributed by atoms with Gasteiger partial charge < -0.3 is 4.57 Å². The third kappa shape index (κ3) is 3.69. The fourth-order valence-electron chi connectivity index (χ4n) is 2.91.